The summed E-state index contributed by atoms with van der Waals surface area (Å²) in [7, 11) is 0. The second-order valence-electron chi connectivity index (χ2n) is 3.67. The van der Waals surface area contributed by atoms with Crippen molar-refractivity contribution in [2.24, 2.45) is 0 Å². The van der Waals surface area contributed by atoms with Crippen LogP contribution in [-0.4, -0.2) is 16.3 Å². The van der Waals surface area contributed by atoms with Gasteiger partial charge in [0.1, 0.15) is 5.69 Å². The van der Waals surface area contributed by atoms with E-state index in [1.54, 1.807) is 0 Å². The smallest absolute Gasteiger partial charge is 0.238 e. The van der Waals surface area contributed by atoms with Crippen LogP contribution in [0, 0.1) is 10.4 Å². The Bertz CT molecular complexity index is 438. The van der Waals surface area contributed by atoms with Crippen molar-refractivity contribution >= 4 is 23.0 Å². The molecule has 0 aromatic heterocycles. The largest absolute Gasteiger partial charge is 0.769 e. The van der Waals surface area contributed by atoms with Gasteiger partial charge < -0.3 is 15.6 Å². The summed E-state index contributed by atoms with van der Waals surface area (Å²) in [5.74, 6) is -0.283. The number of amides is 1. The molecule has 0 aliphatic heterocycles. The van der Waals surface area contributed by atoms with Gasteiger partial charge in [0.2, 0.25) is 5.91 Å². The third-order valence-electron chi connectivity index (χ3n) is 2.22. The van der Waals surface area contributed by atoms with Crippen molar-refractivity contribution in [3.8, 4) is 0 Å². The van der Waals surface area contributed by atoms with Gasteiger partial charge >= 0.3 is 0 Å². The Morgan fingerprint density at radius 1 is 1.37 bits per heavy atom. The molecular formula is C10H14N4O5-2. The van der Waals surface area contributed by atoms with Crippen molar-refractivity contribution in [2.45, 2.75) is 19.8 Å². The van der Waals surface area contributed by atoms with Gasteiger partial charge in [-0.2, -0.15) is 0 Å². The Morgan fingerprint density at radius 3 is 2.58 bits per heavy atom. The lowest BCUT2D eigenvalue weighted by Gasteiger charge is -2.38. The first kappa shape index (κ1) is 15.0. The zero-order valence-electron chi connectivity index (χ0n) is 10.2. The van der Waals surface area contributed by atoms with Crippen LogP contribution in [-0.2, 0) is 4.79 Å². The number of anilines is 3. The van der Waals surface area contributed by atoms with E-state index in [2.05, 4.69) is 10.9 Å². The van der Waals surface area contributed by atoms with Crippen molar-refractivity contribution in [3.05, 3.63) is 28.6 Å². The quantitative estimate of drug-likeness (QED) is 0.568. The maximum absolute atomic E-state index is 11.3. The fourth-order valence-electron chi connectivity index (χ4n) is 1.33. The summed E-state index contributed by atoms with van der Waals surface area (Å²) in [4.78, 5) is 11.3. The van der Waals surface area contributed by atoms with Crippen LogP contribution in [0.15, 0.2) is 18.2 Å². The molecule has 0 spiro atoms. The van der Waals surface area contributed by atoms with Crippen LogP contribution < -0.4 is 21.3 Å². The van der Waals surface area contributed by atoms with E-state index in [0.717, 1.165) is 6.07 Å². The number of benzene rings is 1. The Morgan fingerprint density at radius 2 is 2.05 bits per heavy atom. The molecule has 9 nitrogen and oxygen atoms in total. The molecule has 1 aromatic carbocycles. The molecule has 0 aliphatic rings. The van der Waals surface area contributed by atoms with Gasteiger partial charge in [-0.1, -0.05) is 6.92 Å². The number of rotatable bonds is 6. The third kappa shape index (κ3) is 4.26. The highest BCUT2D eigenvalue weighted by atomic mass is 16.8. The van der Waals surface area contributed by atoms with E-state index in [1.165, 1.54) is 12.1 Å². The van der Waals surface area contributed by atoms with E-state index >= 15 is 0 Å². The fraction of sp³-hybridized carbons (Fsp3) is 0.300. The van der Waals surface area contributed by atoms with E-state index in [0.29, 0.717) is 12.8 Å². The van der Waals surface area contributed by atoms with E-state index < -0.39 is 5.23 Å². The minimum atomic E-state index is -0.674. The maximum atomic E-state index is 11.3. The van der Waals surface area contributed by atoms with Crippen molar-refractivity contribution in [1.82, 2.24) is 5.43 Å². The monoisotopic (exact) mass is 270 g/mol. The van der Waals surface area contributed by atoms with Crippen LogP contribution >= 0.6 is 0 Å². The van der Waals surface area contributed by atoms with E-state index in [1.807, 2.05) is 6.92 Å². The molecule has 106 valence electrons. The van der Waals surface area contributed by atoms with Crippen molar-refractivity contribution in [2.75, 3.05) is 15.9 Å². The van der Waals surface area contributed by atoms with Crippen LogP contribution in [0.5, 0.6) is 0 Å². The molecule has 0 saturated heterocycles. The first-order valence-corrected chi connectivity index (χ1v) is 5.47. The molecule has 0 fully saturated rings. The lowest BCUT2D eigenvalue weighted by atomic mass is 10.2. The molecule has 0 unspecified atom stereocenters. The molecule has 9 heteroatoms. The van der Waals surface area contributed by atoms with Gasteiger partial charge in [0.15, 0.2) is 0 Å². The van der Waals surface area contributed by atoms with Crippen LogP contribution in [0.3, 0.4) is 0 Å². The van der Waals surface area contributed by atoms with Gasteiger partial charge in [-0.15, -0.1) is 5.23 Å². The molecule has 19 heavy (non-hydrogen) atoms. The van der Waals surface area contributed by atoms with Gasteiger partial charge in [0, 0.05) is 12.1 Å². The predicted molar refractivity (Wildman–Crippen MR) is 68.4 cm³/mol. The number of nitrogens with one attached hydrogen (secondary N) is 2. The minimum Gasteiger partial charge on any atom is -0.769 e. The third-order valence-corrected chi connectivity index (χ3v) is 2.22. The summed E-state index contributed by atoms with van der Waals surface area (Å²) in [6.07, 6.45) is 0.962. The average Bonchev–Trinajstić information content (AvgIpc) is 2.36. The standard InChI is InChI=1S/C10H14N4O5/c1-2-3-10(15)12-11-8-5-4-7(13(16)17)6-9(8)14(18)19/h4-6,11,18-19H,2-3H2,1H3,(H,12,15)/q-2. The molecule has 0 atom stereocenters. The summed E-state index contributed by atoms with van der Waals surface area (Å²) >= 11 is 0. The number of hydrogen-bond acceptors (Lipinski definition) is 8. The van der Waals surface area contributed by atoms with E-state index in [9.17, 15) is 15.2 Å². The molecule has 1 aromatic rings. The zero-order chi connectivity index (χ0) is 14.4. The fourth-order valence-corrected chi connectivity index (χ4v) is 1.33. The number of carbonyl (C=O) groups is 1. The van der Waals surface area contributed by atoms with Crippen molar-refractivity contribution < 1.29 is 15.2 Å². The molecule has 0 saturated carbocycles. The summed E-state index contributed by atoms with van der Waals surface area (Å²) in [6, 6.07) is 3.37. The molecular weight excluding hydrogens is 256 g/mol. The molecule has 0 aliphatic carbocycles. The number of hydrogen-bond donors (Lipinski definition) is 4. The van der Waals surface area contributed by atoms with Gasteiger partial charge in [-0.3, -0.25) is 26.1 Å². The lowest BCUT2D eigenvalue weighted by molar-refractivity contribution is -0.120. The van der Waals surface area contributed by atoms with E-state index in [-0.39, 0.29) is 28.2 Å². The second-order valence-corrected chi connectivity index (χ2v) is 3.67. The molecule has 0 radical (unpaired) electrons. The number of hydrazine groups is 1. The van der Waals surface area contributed by atoms with Gasteiger partial charge in [-0.05, 0) is 24.6 Å². The van der Waals surface area contributed by atoms with Crippen LogP contribution in [0.25, 0.3) is 0 Å². The van der Waals surface area contributed by atoms with Crippen LogP contribution in [0.1, 0.15) is 19.8 Å². The topological polar surface area (TPSA) is 134 Å². The van der Waals surface area contributed by atoms with Gasteiger partial charge in [-0.25, -0.2) is 0 Å². The molecule has 0 bridgehead atoms. The second kappa shape index (κ2) is 6.75. The van der Waals surface area contributed by atoms with Crippen LogP contribution in [0.2, 0.25) is 0 Å². The highest BCUT2D eigenvalue weighted by molar-refractivity contribution is 5.80. The SMILES string of the molecule is CCCC(=O)NNc1ccc(N([O-])[O-])cc1N(O)O. The van der Waals surface area contributed by atoms with E-state index in [4.69, 9.17) is 10.4 Å². The predicted octanol–water partition coefficient (Wildman–Crippen LogP) is 1.32. The maximum Gasteiger partial charge on any atom is 0.238 e. The zero-order valence-corrected chi connectivity index (χ0v) is 10.2. The average molecular weight is 270 g/mol. The number of carbonyl (C=O) groups excluding carboxylic acids is 1. The van der Waals surface area contributed by atoms with Gasteiger partial charge in [0.25, 0.3) is 0 Å². The highest BCUT2D eigenvalue weighted by Crippen LogP contribution is 2.28. The minimum absolute atomic E-state index is 0.111. The first-order valence-electron chi connectivity index (χ1n) is 5.47. The summed E-state index contributed by atoms with van der Waals surface area (Å²) < 4.78 is 0. The highest BCUT2D eigenvalue weighted by Gasteiger charge is 2.09. The van der Waals surface area contributed by atoms with Crippen molar-refractivity contribution in [1.29, 1.82) is 0 Å². The summed E-state index contributed by atoms with van der Waals surface area (Å²) in [5.41, 5.74) is 4.34. The first-order chi connectivity index (χ1) is 8.95. The Hall–Kier alpha value is -2.07. The Kier molecular flexibility index (Phi) is 5.33. The molecule has 0 heterocycles. The Balaban J connectivity index is 2.85. The Labute approximate surface area is 109 Å². The lowest BCUT2D eigenvalue weighted by Crippen LogP contribution is -2.30. The summed E-state index contributed by atoms with van der Waals surface area (Å²) in [6.45, 7) is 1.83. The number of nitrogens with zero attached hydrogens (tertiary/aromatic N) is 2. The molecule has 1 rings (SSSR count). The van der Waals surface area contributed by atoms with Crippen LogP contribution in [0.4, 0.5) is 17.1 Å². The van der Waals surface area contributed by atoms with Crippen molar-refractivity contribution in [3.63, 3.8) is 0 Å². The normalized spacial score (nSPS) is 9.95. The summed E-state index contributed by atoms with van der Waals surface area (Å²) in [5, 5.41) is 38.2. The molecule has 1 amide bonds. The molecule has 4 N–H and O–H groups in total. The van der Waals surface area contributed by atoms with Gasteiger partial charge in [0.05, 0.1) is 5.69 Å².